The number of aryl methyl sites for hydroxylation is 1. The number of nitrogens with zero attached hydrogens (tertiary/aromatic N) is 2. The van der Waals surface area contributed by atoms with Crippen LogP contribution in [-0.4, -0.2) is 27.4 Å². The van der Waals surface area contributed by atoms with E-state index in [0.717, 1.165) is 14.9 Å². The number of hydrogen-bond donors (Lipinski definition) is 2. The monoisotopic (exact) mass is 266 g/mol. The van der Waals surface area contributed by atoms with Crippen LogP contribution in [0, 0.1) is 6.92 Å². The lowest BCUT2D eigenvalue weighted by atomic mass is 9.77. The summed E-state index contributed by atoms with van der Waals surface area (Å²) in [6.45, 7) is 1.91. The van der Waals surface area contributed by atoms with E-state index in [1.165, 1.54) is 11.3 Å². The van der Waals surface area contributed by atoms with Gasteiger partial charge in [0.15, 0.2) is 4.34 Å². The Hall–Kier alpha value is -0.885. The van der Waals surface area contributed by atoms with Crippen LogP contribution in [0.5, 0.6) is 0 Å². The molecule has 0 fully saturated rings. The zero-order valence-corrected chi connectivity index (χ0v) is 10.8. The molecule has 0 saturated heterocycles. The molecule has 0 spiro atoms. The molecule has 0 aliphatic rings. The van der Waals surface area contributed by atoms with E-state index in [0.29, 0.717) is 11.2 Å². The van der Waals surface area contributed by atoms with Crippen LogP contribution in [0.25, 0.3) is 0 Å². The Morgan fingerprint density at radius 1 is 1.29 bits per heavy atom. The number of rotatable bonds is 4. The molecule has 1 aromatic heterocycles. The molecule has 7 heteroatoms. The van der Waals surface area contributed by atoms with Crippen molar-refractivity contribution < 1.29 is 10.0 Å². The second-order valence-electron chi connectivity index (χ2n) is 3.45. The lowest BCUT2D eigenvalue weighted by molar-refractivity contribution is 0.425. The van der Waals surface area contributed by atoms with Crippen LogP contribution in [0.15, 0.2) is 28.6 Å². The van der Waals surface area contributed by atoms with Gasteiger partial charge in [-0.1, -0.05) is 47.4 Å². The van der Waals surface area contributed by atoms with Crippen LogP contribution in [-0.2, 0) is 5.75 Å². The maximum atomic E-state index is 9.23. The van der Waals surface area contributed by atoms with Gasteiger partial charge < -0.3 is 10.0 Å². The van der Waals surface area contributed by atoms with Crippen LogP contribution in [0.1, 0.15) is 10.6 Å². The first-order valence-electron chi connectivity index (χ1n) is 5.03. The third kappa shape index (κ3) is 3.29. The number of hydrogen-bond acceptors (Lipinski definition) is 6. The smallest absolute Gasteiger partial charge is 0.423 e. The fourth-order valence-corrected chi connectivity index (χ4v) is 3.22. The Bertz CT molecular complexity index is 505. The highest BCUT2D eigenvalue weighted by Gasteiger charge is 2.15. The molecular weight excluding hydrogens is 255 g/mol. The molecule has 4 nitrogen and oxygen atoms in total. The molecule has 17 heavy (non-hydrogen) atoms. The Kier molecular flexibility index (Phi) is 4.17. The molecule has 0 aliphatic carbocycles. The average Bonchev–Trinajstić information content (AvgIpc) is 2.73. The first kappa shape index (κ1) is 12.6. The van der Waals surface area contributed by atoms with E-state index in [4.69, 9.17) is 0 Å². The fourth-order valence-electron chi connectivity index (χ4n) is 1.39. The van der Waals surface area contributed by atoms with Gasteiger partial charge in [-0.2, -0.15) is 0 Å². The second-order valence-corrected chi connectivity index (χ2v) is 5.85. The summed E-state index contributed by atoms with van der Waals surface area (Å²) in [6, 6.07) is 7.27. The van der Waals surface area contributed by atoms with E-state index >= 15 is 0 Å². The molecule has 0 amide bonds. The standard InChI is InChI=1S/C10H11BN2O2S2/c1-7-12-13-10(17-7)16-6-8-4-2-3-5-9(8)11(14)15/h2-5,14-15H,6H2,1H3. The van der Waals surface area contributed by atoms with Crippen molar-refractivity contribution in [1.29, 1.82) is 0 Å². The summed E-state index contributed by atoms with van der Waals surface area (Å²) in [5.41, 5.74) is 1.45. The fraction of sp³-hybridized carbons (Fsp3) is 0.200. The largest absolute Gasteiger partial charge is 0.488 e. The highest BCUT2D eigenvalue weighted by Crippen LogP contribution is 2.24. The third-order valence-electron chi connectivity index (χ3n) is 2.19. The maximum absolute atomic E-state index is 9.23. The average molecular weight is 266 g/mol. The van der Waals surface area contributed by atoms with E-state index in [1.54, 1.807) is 23.9 Å². The highest BCUT2D eigenvalue weighted by molar-refractivity contribution is 8.00. The van der Waals surface area contributed by atoms with Gasteiger partial charge in [-0.25, -0.2) is 0 Å². The van der Waals surface area contributed by atoms with Crippen molar-refractivity contribution in [3.05, 3.63) is 34.8 Å². The zero-order chi connectivity index (χ0) is 12.3. The normalized spacial score (nSPS) is 10.5. The minimum Gasteiger partial charge on any atom is -0.423 e. The lowest BCUT2D eigenvalue weighted by Gasteiger charge is -2.06. The quantitative estimate of drug-likeness (QED) is 0.633. The zero-order valence-electron chi connectivity index (χ0n) is 9.20. The van der Waals surface area contributed by atoms with Crippen molar-refractivity contribution in [2.75, 3.05) is 0 Å². The summed E-state index contributed by atoms with van der Waals surface area (Å²) in [5.74, 6) is 0.655. The van der Waals surface area contributed by atoms with Gasteiger partial charge in [-0.3, -0.25) is 0 Å². The molecule has 0 saturated carbocycles. The molecule has 2 N–H and O–H groups in total. The van der Waals surface area contributed by atoms with E-state index in [9.17, 15) is 10.0 Å². The van der Waals surface area contributed by atoms with E-state index in [1.807, 2.05) is 19.1 Å². The van der Waals surface area contributed by atoms with Gasteiger partial charge >= 0.3 is 7.12 Å². The summed E-state index contributed by atoms with van der Waals surface area (Å²) in [6.07, 6.45) is 0. The molecular formula is C10H11BN2O2S2. The van der Waals surface area contributed by atoms with Crippen molar-refractivity contribution in [3.63, 3.8) is 0 Å². The lowest BCUT2D eigenvalue weighted by Crippen LogP contribution is -2.32. The Morgan fingerprint density at radius 2 is 2.06 bits per heavy atom. The minimum atomic E-state index is -1.43. The number of benzene rings is 1. The summed E-state index contributed by atoms with van der Waals surface area (Å²) in [4.78, 5) is 0. The SMILES string of the molecule is Cc1nnc(SCc2ccccc2B(O)O)s1. The second kappa shape index (κ2) is 5.64. The first-order chi connectivity index (χ1) is 8.16. The van der Waals surface area contributed by atoms with Crippen molar-refractivity contribution in [2.45, 2.75) is 17.0 Å². The molecule has 0 unspecified atom stereocenters. The van der Waals surface area contributed by atoms with E-state index in [2.05, 4.69) is 10.2 Å². The van der Waals surface area contributed by atoms with Crippen LogP contribution in [0.4, 0.5) is 0 Å². The highest BCUT2D eigenvalue weighted by atomic mass is 32.2. The number of thioether (sulfide) groups is 1. The summed E-state index contributed by atoms with van der Waals surface area (Å²) < 4.78 is 0.893. The van der Waals surface area contributed by atoms with Crippen LogP contribution >= 0.6 is 23.1 Å². The third-order valence-corrected chi connectivity index (χ3v) is 4.21. The van der Waals surface area contributed by atoms with Crippen molar-refractivity contribution >= 4 is 35.7 Å². The molecule has 0 aliphatic heterocycles. The molecule has 88 valence electrons. The van der Waals surface area contributed by atoms with Gasteiger partial charge in [-0.15, -0.1) is 10.2 Å². The van der Waals surface area contributed by atoms with Crippen LogP contribution in [0.2, 0.25) is 0 Å². The van der Waals surface area contributed by atoms with Gasteiger partial charge in [0, 0.05) is 5.75 Å². The van der Waals surface area contributed by atoms with Crippen molar-refractivity contribution in [2.24, 2.45) is 0 Å². The van der Waals surface area contributed by atoms with Gasteiger partial charge in [0.2, 0.25) is 0 Å². The first-order valence-corrected chi connectivity index (χ1v) is 6.84. The van der Waals surface area contributed by atoms with Crippen molar-refractivity contribution in [3.8, 4) is 0 Å². The molecule has 1 aromatic carbocycles. The molecule has 0 bridgehead atoms. The predicted octanol–water partition coefficient (Wildman–Crippen LogP) is 0.819. The van der Waals surface area contributed by atoms with Gasteiger partial charge in [0.05, 0.1) is 0 Å². The Labute approximate surface area is 108 Å². The topological polar surface area (TPSA) is 66.2 Å². The Morgan fingerprint density at radius 3 is 2.71 bits per heavy atom. The Balaban J connectivity index is 2.08. The number of aromatic nitrogens is 2. The van der Waals surface area contributed by atoms with Crippen LogP contribution < -0.4 is 5.46 Å². The van der Waals surface area contributed by atoms with Gasteiger partial charge in [0.1, 0.15) is 5.01 Å². The summed E-state index contributed by atoms with van der Waals surface area (Å²) in [5, 5.41) is 27.3. The van der Waals surface area contributed by atoms with Gasteiger partial charge in [-0.05, 0) is 17.9 Å². The molecule has 0 radical (unpaired) electrons. The summed E-state index contributed by atoms with van der Waals surface area (Å²) >= 11 is 3.09. The molecule has 2 rings (SSSR count). The molecule has 1 heterocycles. The molecule has 0 atom stereocenters. The maximum Gasteiger partial charge on any atom is 0.488 e. The van der Waals surface area contributed by atoms with Crippen molar-refractivity contribution in [1.82, 2.24) is 10.2 Å². The van der Waals surface area contributed by atoms with E-state index < -0.39 is 7.12 Å². The van der Waals surface area contributed by atoms with Gasteiger partial charge in [0.25, 0.3) is 0 Å². The predicted molar refractivity (Wildman–Crippen MR) is 70.5 cm³/mol. The van der Waals surface area contributed by atoms with Crippen LogP contribution in [0.3, 0.4) is 0 Å². The minimum absolute atomic E-state index is 0.543. The molecule has 2 aromatic rings. The summed E-state index contributed by atoms with van der Waals surface area (Å²) in [7, 11) is -1.43. The van der Waals surface area contributed by atoms with E-state index in [-0.39, 0.29) is 0 Å².